The maximum Gasteiger partial charge on any atom is 0.224 e. The van der Waals surface area contributed by atoms with Crippen LogP contribution in [0.2, 0.25) is 5.02 Å². The summed E-state index contributed by atoms with van der Waals surface area (Å²) in [7, 11) is 3.54. The van der Waals surface area contributed by atoms with Crippen molar-refractivity contribution in [2.45, 2.75) is 0 Å². The van der Waals surface area contributed by atoms with Gasteiger partial charge < -0.3 is 15.3 Å². The fourth-order valence-electron chi connectivity index (χ4n) is 1.00. The van der Waals surface area contributed by atoms with E-state index in [2.05, 4.69) is 15.3 Å². The van der Waals surface area contributed by atoms with E-state index in [9.17, 15) is 0 Å². The van der Waals surface area contributed by atoms with Gasteiger partial charge in [0.1, 0.15) is 5.02 Å². The molecule has 0 saturated heterocycles. The molecule has 1 aromatic heterocycles. The van der Waals surface area contributed by atoms with E-state index in [1.807, 2.05) is 7.05 Å². The minimum Gasteiger partial charge on any atom is -0.395 e. The summed E-state index contributed by atoms with van der Waals surface area (Å²) in [4.78, 5) is 9.90. The second-order valence-corrected chi connectivity index (χ2v) is 3.17. The quantitative estimate of drug-likeness (QED) is 0.772. The minimum atomic E-state index is 0.0612. The monoisotopic (exact) mass is 216 g/mol. The van der Waals surface area contributed by atoms with Gasteiger partial charge in [-0.05, 0) is 0 Å². The molecule has 78 valence electrons. The van der Waals surface area contributed by atoms with Crippen molar-refractivity contribution in [2.24, 2.45) is 0 Å². The van der Waals surface area contributed by atoms with Crippen molar-refractivity contribution in [3.05, 3.63) is 11.2 Å². The first-order chi connectivity index (χ1) is 6.69. The molecular weight excluding hydrogens is 204 g/mol. The Hall–Kier alpha value is -1.07. The zero-order valence-electron chi connectivity index (χ0n) is 8.16. The number of nitrogens with one attached hydrogen (secondary N) is 1. The van der Waals surface area contributed by atoms with Crippen LogP contribution in [0.4, 0.5) is 11.8 Å². The van der Waals surface area contributed by atoms with E-state index in [-0.39, 0.29) is 6.61 Å². The van der Waals surface area contributed by atoms with Crippen molar-refractivity contribution >= 4 is 23.4 Å². The molecule has 1 rings (SSSR count). The van der Waals surface area contributed by atoms with Crippen molar-refractivity contribution in [2.75, 3.05) is 37.5 Å². The lowest BCUT2D eigenvalue weighted by Gasteiger charge is -2.18. The normalized spacial score (nSPS) is 10.0. The zero-order valence-corrected chi connectivity index (χ0v) is 8.91. The molecule has 6 heteroatoms. The molecular formula is C8H13ClN4O. The number of aliphatic hydroxyl groups is 1. The second kappa shape index (κ2) is 4.97. The molecule has 0 aliphatic heterocycles. The van der Waals surface area contributed by atoms with Gasteiger partial charge in [-0.25, -0.2) is 4.98 Å². The van der Waals surface area contributed by atoms with Crippen LogP contribution in [0.1, 0.15) is 0 Å². The summed E-state index contributed by atoms with van der Waals surface area (Å²) in [5.41, 5.74) is 0. The molecule has 0 fully saturated rings. The third-order valence-electron chi connectivity index (χ3n) is 1.75. The molecule has 0 aliphatic rings. The van der Waals surface area contributed by atoms with Crippen molar-refractivity contribution in [3.63, 3.8) is 0 Å². The Balaban J connectivity index is 2.93. The summed E-state index contributed by atoms with van der Waals surface area (Å²) in [6.07, 6.45) is 1.53. The van der Waals surface area contributed by atoms with Crippen LogP contribution in [0, 0.1) is 0 Å². The lowest BCUT2D eigenvalue weighted by Crippen LogP contribution is -2.23. The number of nitrogens with zero attached hydrogens (tertiary/aromatic N) is 3. The predicted octanol–water partition coefficient (Wildman–Crippen LogP) is 0.600. The summed E-state index contributed by atoms with van der Waals surface area (Å²) in [6, 6.07) is 0. The average Bonchev–Trinajstić information content (AvgIpc) is 2.19. The van der Waals surface area contributed by atoms with Crippen LogP contribution in [-0.4, -0.2) is 42.3 Å². The highest BCUT2D eigenvalue weighted by Gasteiger charge is 2.08. The van der Waals surface area contributed by atoms with Crippen LogP contribution < -0.4 is 10.2 Å². The van der Waals surface area contributed by atoms with Crippen molar-refractivity contribution in [1.29, 1.82) is 0 Å². The lowest BCUT2D eigenvalue weighted by molar-refractivity contribution is 0.304. The van der Waals surface area contributed by atoms with Crippen LogP contribution >= 0.6 is 11.6 Å². The predicted molar refractivity (Wildman–Crippen MR) is 56.9 cm³/mol. The fraction of sp³-hybridized carbons (Fsp3) is 0.500. The number of hydrogen-bond acceptors (Lipinski definition) is 5. The van der Waals surface area contributed by atoms with Crippen molar-refractivity contribution in [3.8, 4) is 0 Å². The number of hydrogen-bond donors (Lipinski definition) is 2. The van der Waals surface area contributed by atoms with Gasteiger partial charge in [-0.2, -0.15) is 4.98 Å². The summed E-state index contributed by atoms with van der Waals surface area (Å²) in [5, 5.41) is 12.1. The molecule has 0 bridgehead atoms. The maximum atomic E-state index is 8.77. The van der Waals surface area contributed by atoms with Crippen LogP contribution in [-0.2, 0) is 0 Å². The summed E-state index contributed by atoms with van der Waals surface area (Å²) in [6.45, 7) is 0.547. The van der Waals surface area contributed by atoms with Crippen LogP contribution in [0.15, 0.2) is 6.20 Å². The maximum absolute atomic E-state index is 8.77. The van der Waals surface area contributed by atoms with Gasteiger partial charge in [-0.3, -0.25) is 0 Å². The number of likely N-dealkylation sites (N-methyl/N-ethyl adjacent to an activating group) is 1. The van der Waals surface area contributed by atoms with E-state index < -0.39 is 0 Å². The number of aliphatic hydroxyl groups excluding tert-OH is 1. The van der Waals surface area contributed by atoms with Gasteiger partial charge in [-0.1, -0.05) is 11.6 Å². The minimum absolute atomic E-state index is 0.0612. The molecule has 0 aliphatic carbocycles. The molecule has 0 spiro atoms. The topological polar surface area (TPSA) is 61.3 Å². The molecule has 5 nitrogen and oxygen atoms in total. The van der Waals surface area contributed by atoms with Gasteiger partial charge in [0.25, 0.3) is 0 Å². The summed E-state index contributed by atoms with van der Waals surface area (Å²) in [5.74, 6) is 1.12. The van der Waals surface area contributed by atoms with E-state index in [1.165, 1.54) is 6.20 Å². The Morgan fingerprint density at radius 2 is 2.36 bits per heavy atom. The third kappa shape index (κ3) is 2.46. The van der Waals surface area contributed by atoms with Gasteiger partial charge in [0, 0.05) is 20.6 Å². The van der Waals surface area contributed by atoms with E-state index in [4.69, 9.17) is 16.7 Å². The molecule has 14 heavy (non-hydrogen) atoms. The second-order valence-electron chi connectivity index (χ2n) is 2.76. The number of anilines is 2. The molecule has 1 heterocycles. The first kappa shape index (κ1) is 11.0. The molecule has 0 amide bonds. The van der Waals surface area contributed by atoms with E-state index in [0.717, 1.165) is 0 Å². The van der Waals surface area contributed by atoms with Gasteiger partial charge in [0.15, 0.2) is 5.82 Å². The molecule has 2 N–H and O–H groups in total. The first-order valence-electron chi connectivity index (χ1n) is 4.21. The SMILES string of the molecule is CNc1ncc(Cl)c(N(C)CCO)n1. The highest BCUT2D eigenvalue weighted by atomic mass is 35.5. The van der Waals surface area contributed by atoms with Crippen LogP contribution in [0.3, 0.4) is 0 Å². The molecule has 0 unspecified atom stereocenters. The number of halogens is 1. The van der Waals surface area contributed by atoms with E-state index in [0.29, 0.717) is 23.3 Å². The van der Waals surface area contributed by atoms with Crippen molar-refractivity contribution < 1.29 is 5.11 Å². The van der Waals surface area contributed by atoms with Gasteiger partial charge in [0.2, 0.25) is 5.95 Å². The Bertz CT molecular complexity index is 307. The largest absolute Gasteiger partial charge is 0.395 e. The summed E-state index contributed by atoms with van der Waals surface area (Å²) >= 11 is 5.91. The Labute approximate surface area is 87.7 Å². The number of rotatable bonds is 4. The van der Waals surface area contributed by atoms with Crippen LogP contribution in [0.5, 0.6) is 0 Å². The van der Waals surface area contributed by atoms with E-state index in [1.54, 1.807) is 11.9 Å². The smallest absolute Gasteiger partial charge is 0.224 e. The van der Waals surface area contributed by atoms with Gasteiger partial charge in [-0.15, -0.1) is 0 Å². The Morgan fingerprint density at radius 1 is 1.64 bits per heavy atom. The molecule has 0 aromatic carbocycles. The Kier molecular flexibility index (Phi) is 3.91. The molecule has 0 atom stereocenters. The molecule has 0 saturated carbocycles. The average molecular weight is 217 g/mol. The fourth-order valence-corrected chi connectivity index (χ4v) is 1.24. The van der Waals surface area contributed by atoms with Crippen molar-refractivity contribution in [1.82, 2.24) is 9.97 Å². The zero-order chi connectivity index (χ0) is 10.6. The molecule has 1 aromatic rings. The third-order valence-corrected chi connectivity index (χ3v) is 2.01. The number of aromatic nitrogens is 2. The summed E-state index contributed by atoms with van der Waals surface area (Å²) < 4.78 is 0. The highest BCUT2D eigenvalue weighted by Crippen LogP contribution is 2.21. The highest BCUT2D eigenvalue weighted by molar-refractivity contribution is 6.32. The Morgan fingerprint density at radius 3 is 2.93 bits per heavy atom. The standard InChI is InChI=1S/C8H13ClN4O/c1-10-8-11-5-6(9)7(12-8)13(2)3-4-14/h5,14H,3-4H2,1-2H3,(H,10,11,12). The van der Waals surface area contributed by atoms with Gasteiger partial charge in [0.05, 0.1) is 12.8 Å². The van der Waals surface area contributed by atoms with Crippen LogP contribution in [0.25, 0.3) is 0 Å². The first-order valence-corrected chi connectivity index (χ1v) is 4.59. The van der Waals surface area contributed by atoms with Gasteiger partial charge >= 0.3 is 0 Å². The van der Waals surface area contributed by atoms with E-state index >= 15 is 0 Å². The lowest BCUT2D eigenvalue weighted by atomic mass is 10.5. The molecule has 0 radical (unpaired) electrons.